The van der Waals surface area contributed by atoms with Gasteiger partial charge in [0.2, 0.25) is 5.91 Å². The van der Waals surface area contributed by atoms with Crippen molar-refractivity contribution in [2.45, 2.75) is 6.92 Å². The van der Waals surface area contributed by atoms with E-state index >= 15 is 0 Å². The van der Waals surface area contributed by atoms with E-state index in [-0.39, 0.29) is 11.8 Å². The Kier molecular flexibility index (Phi) is 4.34. The highest BCUT2D eigenvalue weighted by atomic mass is 79.9. The third-order valence-corrected chi connectivity index (χ3v) is 3.94. The van der Waals surface area contributed by atoms with Gasteiger partial charge in [0.15, 0.2) is 0 Å². The van der Waals surface area contributed by atoms with E-state index in [1.807, 2.05) is 5.38 Å². The van der Waals surface area contributed by atoms with Crippen molar-refractivity contribution in [3.63, 3.8) is 0 Å². The van der Waals surface area contributed by atoms with Gasteiger partial charge in [-0.2, -0.15) is 0 Å². The van der Waals surface area contributed by atoms with Crippen LogP contribution in [0.25, 0.3) is 0 Å². The fourth-order valence-corrected chi connectivity index (χ4v) is 2.79. The summed E-state index contributed by atoms with van der Waals surface area (Å²) in [6.45, 7) is 1.45. The van der Waals surface area contributed by atoms with Crippen LogP contribution in [0.3, 0.4) is 0 Å². The number of thiophene rings is 1. The first-order chi connectivity index (χ1) is 9.04. The minimum Gasteiger partial charge on any atom is -0.326 e. The molecule has 0 aliphatic rings. The number of benzene rings is 1. The van der Waals surface area contributed by atoms with E-state index in [1.165, 1.54) is 18.3 Å². The van der Waals surface area contributed by atoms with Crippen LogP contribution in [0.4, 0.5) is 11.4 Å². The van der Waals surface area contributed by atoms with Gasteiger partial charge in [-0.1, -0.05) is 0 Å². The lowest BCUT2D eigenvalue weighted by Crippen LogP contribution is -2.10. The van der Waals surface area contributed by atoms with Crippen LogP contribution in [0.5, 0.6) is 0 Å². The molecule has 0 spiro atoms. The summed E-state index contributed by atoms with van der Waals surface area (Å²) in [6.07, 6.45) is 0. The summed E-state index contributed by atoms with van der Waals surface area (Å²) in [5, 5.41) is 7.31. The Balaban J connectivity index is 2.03. The topological polar surface area (TPSA) is 58.2 Å². The number of halogens is 1. The van der Waals surface area contributed by atoms with Crippen molar-refractivity contribution in [1.29, 1.82) is 0 Å². The number of nitrogens with one attached hydrogen (secondary N) is 2. The maximum atomic E-state index is 11.9. The van der Waals surface area contributed by atoms with Gasteiger partial charge in [-0.3, -0.25) is 9.59 Å². The normalized spacial score (nSPS) is 10.0. The summed E-state index contributed by atoms with van der Waals surface area (Å²) in [5.74, 6) is -0.275. The smallest absolute Gasteiger partial charge is 0.265 e. The minimum absolute atomic E-state index is 0.125. The van der Waals surface area contributed by atoms with Gasteiger partial charge in [-0.05, 0) is 46.3 Å². The van der Waals surface area contributed by atoms with E-state index in [9.17, 15) is 9.59 Å². The molecule has 1 heterocycles. The van der Waals surface area contributed by atoms with Crippen LogP contribution in [-0.4, -0.2) is 11.8 Å². The SMILES string of the molecule is CC(=O)Nc1ccc(NC(=O)c2cc(Br)cs2)cc1. The molecule has 0 radical (unpaired) electrons. The van der Waals surface area contributed by atoms with Crippen molar-refractivity contribution in [3.05, 3.63) is 45.1 Å². The van der Waals surface area contributed by atoms with Crippen LogP contribution in [0, 0.1) is 0 Å². The number of hydrogen-bond donors (Lipinski definition) is 2. The highest BCUT2D eigenvalue weighted by Crippen LogP contribution is 2.21. The zero-order valence-electron chi connectivity index (χ0n) is 10.1. The molecule has 0 aliphatic carbocycles. The number of hydrogen-bond acceptors (Lipinski definition) is 3. The standard InChI is InChI=1S/C13H11BrN2O2S/c1-8(17)15-10-2-4-11(5-3-10)16-13(18)12-6-9(14)7-19-12/h2-7H,1H3,(H,15,17)(H,16,18). The Labute approximate surface area is 123 Å². The Morgan fingerprint density at radius 3 is 2.16 bits per heavy atom. The predicted octanol–water partition coefficient (Wildman–Crippen LogP) is 3.72. The maximum absolute atomic E-state index is 11.9. The quantitative estimate of drug-likeness (QED) is 0.895. The molecule has 6 heteroatoms. The van der Waals surface area contributed by atoms with E-state index in [2.05, 4.69) is 26.6 Å². The average Bonchev–Trinajstić information content (AvgIpc) is 2.78. The molecule has 2 N–H and O–H groups in total. The van der Waals surface area contributed by atoms with Gasteiger partial charge in [0.05, 0.1) is 4.88 Å². The molecule has 0 saturated heterocycles. The molecular formula is C13H11BrN2O2S. The second kappa shape index (κ2) is 5.99. The Morgan fingerprint density at radius 2 is 1.68 bits per heavy atom. The summed E-state index contributed by atoms with van der Waals surface area (Å²) in [6, 6.07) is 8.73. The molecule has 2 amide bonds. The third kappa shape index (κ3) is 3.90. The van der Waals surface area contributed by atoms with Crippen molar-refractivity contribution in [1.82, 2.24) is 0 Å². The zero-order chi connectivity index (χ0) is 13.8. The highest BCUT2D eigenvalue weighted by Gasteiger charge is 2.08. The second-order valence-corrected chi connectivity index (χ2v) is 5.67. The van der Waals surface area contributed by atoms with E-state index in [0.29, 0.717) is 16.3 Å². The summed E-state index contributed by atoms with van der Waals surface area (Å²) < 4.78 is 0.892. The number of anilines is 2. The molecule has 0 unspecified atom stereocenters. The van der Waals surface area contributed by atoms with Crippen LogP contribution in [-0.2, 0) is 4.79 Å². The maximum Gasteiger partial charge on any atom is 0.265 e. The number of rotatable bonds is 3. The largest absolute Gasteiger partial charge is 0.326 e. The molecule has 2 aromatic rings. The molecule has 0 atom stereocenters. The highest BCUT2D eigenvalue weighted by molar-refractivity contribution is 9.10. The fraction of sp³-hybridized carbons (Fsp3) is 0.0769. The van der Waals surface area contributed by atoms with Crippen LogP contribution < -0.4 is 10.6 Å². The average molecular weight is 339 g/mol. The first kappa shape index (κ1) is 13.8. The van der Waals surface area contributed by atoms with E-state index in [0.717, 1.165) is 4.47 Å². The molecule has 0 aliphatic heterocycles. The molecule has 2 rings (SSSR count). The molecular weight excluding hydrogens is 328 g/mol. The van der Waals surface area contributed by atoms with Crippen LogP contribution in [0.15, 0.2) is 40.2 Å². The minimum atomic E-state index is -0.150. The van der Waals surface area contributed by atoms with Crippen molar-refractivity contribution in [3.8, 4) is 0 Å². The molecule has 98 valence electrons. The number of amides is 2. The van der Waals surface area contributed by atoms with Gasteiger partial charge in [-0.25, -0.2) is 0 Å². The monoisotopic (exact) mass is 338 g/mol. The van der Waals surface area contributed by atoms with Crippen LogP contribution in [0.1, 0.15) is 16.6 Å². The van der Waals surface area contributed by atoms with Crippen LogP contribution in [0.2, 0.25) is 0 Å². The van der Waals surface area contributed by atoms with Crippen molar-refractivity contribution >= 4 is 50.5 Å². The van der Waals surface area contributed by atoms with Gasteiger partial charge in [-0.15, -0.1) is 11.3 Å². The lowest BCUT2D eigenvalue weighted by Gasteiger charge is -2.05. The molecule has 0 fully saturated rings. The Hall–Kier alpha value is -1.66. The first-order valence-electron chi connectivity index (χ1n) is 5.47. The van der Waals surface area contributed by atoms with Gasteiger partial charge in [0.1, 0.15) is 0 Å². The summed E-state index contributed by atoms with van der Waals surface area (Å²) in [4.78, 5) is 23.4. The van der Waals surface area contributed by atoms with Gasteiger partial charge in [0, 0.05) is 28.2 Å². The van der Waals surface area contributed by atoms with Gasteiger partial charge in [0.25, 0.3) is 5.91 Å². The van der Waals surface area contributed by atoms with Gasteiger partial charge >= 0.3 is 0 Å². The summed E-state index contributed by atoms with van der Waals surface area (Å²) in [5.41, 5.74) is 1.38. The van der Waals surface area contributed by atoms with Crippen molar-refractivity contribution in [2.75, 3.05) is 10.6 Å². The Bertz CT molecular complexity index is 607. The Morgan fingerprint density at radius 1 is 1.11 bits per heavy atom. The summed E-state index contributed by atoms with van der Waals surface area (Å²) >= 11 is 4.68. The molecule has 4 nitrogen and oxygen atoms in total. The lowest BCUT2D eigenvalue weighted by atomic mass is 10.2. The molecule has 19 heavy (non-hydrogen) atoms. The molecule has 1 aromatic carbocycles. The lowest BCUT2D eigenvalue weighted by molar-refractivity contribution is -0.114. The van der Waals surface area contributed by atoms with E-state index in [4.69, 9.17) is 0 Å². The van der Waals surface area contributed by atoms with E-state index < -0.39 is 0 Å². The molecule has 0 saturated carbocycles. The van der Waals surface area contributed by atoms with Gasteiger partial charge < -0.3 is 10.6 Å². The molecule has 0 bridgehead atoms. The van der Waals surface area contributed by atoms with Crippen molar-refractivity contribution in [2.24, 2.45) is 0 Å². The second-order valence-electron chi connectivity index (χ2n) is 3.84. The number of carbonyl (C=O) groups is 2. The zero-order valence-corrected chi connectivity index (χ0v) is 12.5. The van der Waals surface area contributed by atoms with Crippen LogP contribution >= 0.6 is 27.3 Å². The van der Waals surface area contributed by atoms with Crippen molar-refractivity contribution < 1.29 is 9.59 Å². The predicted molar refractivity (Wildman–Crippen MR) is 80.7 cm³/mol. The van der Waals surface area contributed by atoms with E-state index in [1.54, 1.807) is 30.3 Å². The fourth-order valence-electron chi connectivity index (χ4n) is 1.46. The molecule has 1 aromatic heterocycles. The number of carbonyl (C=O) groups excluding carboxylic acids is 2. The summed E-state index contributed by atoms with van der Waals surface area (Å²) in [7, 11) is 0. The third-order valence-electron chi connectivity index (χ3n) is 2.25. The first-order valence-corrected chi connectivity index (χ1v) is 7.15.